The molecule has 0 aromatic carbocycles. The van der Waals surface area contributed by atoms with Gasteiger partial charge in [-0.15, -0.1) is 0 Å². The molecule has 0 heterocycles. The second-order valence-corrected chi connectivity index (χ2v) is 0.211. The Morgan fingerprint density at radius 1 is 0.900 bits per heavy atom. The fraction of sp³-hybridized carbons (Fsp3) is 0. The van der Waals surface area contributed by atoms with Crippen LogP contribution in [0, 0.1) is 0 Å². The lowest BCUT2D eigenvalue weighted by Crippen LogP contribution is -1.49. The summed E-state index contributed by atoms with van der Waals surface area (Å²) in [5, 5.41) is 13.8. The monoisotopic (exact) mass is 158 g/mol. The maximum atomic E-state index is 8.36. The third-order valence-corrected chi connectivity index (χ3v) is 0. The molecule has 0 unspecified atom stereocenters. The first kappa shape index (κ1) is 38.8. The van der Waals surface area contributed by atoms with Crippen LogP contribution in [0.4, 0.5) is 0 Å². The first-order valence-electron chi connectivity index (χ1n) is 1.28. The molecule has 0 radical (unpaired) electrons. The van der Waals surface area contributed by atoms with Crippen LogP contribution in [0.25, 0.3) is 0 Å². The minimum atomic E-state index is -0.250. The highest BCUT2D eigenvalue weighted by Gasteiger charge is 1.22. The lowest BCUT2D eigenvalue weighted by atomic mass is 11.7. The van der Waals surface area contributed by atoms with Gasteiger partial charge in [0.2, 0.25) is 0 Å². The second kappa shape index (κ2) is 1140. The third-order valence-electron chi connectivity index (χ3n) is 0. The zero-order valence-electron chi connectivity index (χ0n) is 4.98. The van der Waals surface area contributed by atoms with E-state index in [9.17, 15) is 0 Å². The van der Waals surface area contributed by atoms with E-state index in [0.29, 0.717) is 0 Å². The van der Waals surface area contributed by atoms with E-state index < -0.39 is 0 Å². The van der Waals surface area contributed by atoms with Crippen LogP contribution in [0.1, 0.15) is 0 Å². The quantitative estimate of drug-likeness (QED) is 0.375. The van der Waals surface area contributed by atoms with Crippen molar-refractivity contribution in [2.75, 3.05) is 0 Å². The van der Waals surface area contributed by atoms with E-state index in [2.05, 4.69) is 0 Å². The molecule has 0 atom stereocenters. The molecular formula is C3H10O7. The number of rotatable bonds is 0. The largest absolute Gasteiger partial charge is 0.483 e. The van der Waals surface area contributed by atoms with Crippen LogP contribution in [-0.4, -0.2) is 40.9 Å². The Hall–Kier alpha value is -1.47. The normalized spacial score (nSPS) is 2.80. The lowest BCUT2D eigenvalue weighted by molar-refractivity contribution is -0.123. The van der Waals surface area contributed by atoms with Gasteiger partial charge in [0.1, 0.15) is 6.79 Å². The van der Waals surface area contributed by atoms with Crippen LogP contribution in [0.15, 0.2) is 0 Å². The number of carboxylic acid groups (broad SMARTS) is 2. The Bertz CT molecular complexity index is 38.1. The maximum absolute atomic E-state index is 8.36. The molecule has 0 fully saturated rings. The zero-order chi connectivity index (χ0) is 7.41. The van der Waals surface area contributed by atoms with E-state index in [1.54, 1.807) is 0 Å². The second-order valence-electron chi connectivity index (χ2n) is 0.211. The van der Waals surface area contributed by atoms with Gasteiger partial charge >= 0.3 is 0 Å². The molecular weight excluding hydrogens is 148 g/mol. The summed E-state index contributed by atoms with van der Waals surface area (Å²) in [7, 11) is 0. The lowest BCUT2D eigenvalue weighted by Gasteiger charge is -1.34. The van der Waals surface area contributed by atoms with Crippen molar-refractivity contribution in [3.63, 3.8) is 0 Å². The number of carbonyl (C=O) groups is 3. The van der Waals surface area contributed by atoms with Crippen LogP contribution in [-0.2, 0) is 14.4 Å². The van der Waals surface area contributed by atoms with Crippen molar-refractivity contribution in [1.29, 1.82) is 0 Å². The van der Waals surface area contributed by atoms with Gasteiger partial charge in [-0.2, -0.15) is 0 Å². The molecule has 7 nitrogen and oxygen atoms in total. The molecule has 0 bridgehead atoms. The van der Waals surface area contributed by atoms with Crippen molar-refractivity contribution in [2.24, 2.45) is 0 Å². The molecule has 0 aromatic heterocycles. The Morgan fingerprint density at radius 3 is 0.900 bits per heavy atom. The van der Waals surface area contributed by atoms with E-state index in [1.807, 2.05) is 6.79 Å². The van der Waals surface area contributed by atoms with Crippen molar-refractivity contribution in [3.05, 3.63) is 0 Å². The van der Waals surface area contributed by atoms with Crippen LogP contribution < -0.4 is 0 Å². The van der Waals surface area contributed by atoms with Gasteiger partial charge in [-0.3, -0.25) is 9.59 Å². The summed E-state index contributed by atoms with van der Waals surface area (Å²) in [6.45, 7) is 1.50. The molecule has 6 N–H and O–H groups in total. The summed E-state index contributed by atoms with van der Waals surface area (Å²) in [6.07, 6.45) is 0. The van der Waals surface area contributed by atoms with E-state index in [4.69, 9.17) is 24.6 Å². The van der Waals surface area contributed by atoms with Gasteiger partial charge < -0.3 is 26.0 Å². The van der Waals surface area contributed by atoms with Crippen molar-refractivity contribution in [2.45, 2.75) is 0 Å². The minimum Gasteiger partial charge on any atom is -0.483 e. The molecule has 0 spiro atoms. The number of hydrogen-bond acceptors (Lipinski definition) is 3. The van der Waals surface area contributed by atoms with Crippen LogP contribution in [0.5, 0.6) is 0 Å². The Kier molecular flexibility index (Phi) is 4440. The first-order chi connectivity index (χ1) is 3.83. The van der Waals surface area contributed by atoms with E-state index >= 15 is 0 Å². The summed E-state index contributed by atoms with van der Waals surface area (Å²) in [6, 6.07) is 0. The highest BCUT2D eigenvalue weighted by atomic mass is 16.3. The van der Waals surface area contributed by atoms with Gasteiger partial charge in [0.15, 0.2) is 0 Å². The fourth-order valence-corrected chi connectivity index (χ4v) is 0. The molecule has 0 amide bonds. The highest BCUT2D eigenvalue weighted by Crippen LogP contribution is 0.969. The van der Waals surface area contributed by atoms with Crippen molar-refractivity contribution >= 4 is 19.7 Å². The van der Waals surface area contributed by atoms with Crippen molar-refractivity contribution in [3.8, 4) is 0 Å². The average Bonchev–Trinajstić information content (AvgIpc) is 1.75. The summed E-state index contributed by atoms with van der Waals surface area (Å²) in [4.78, 5) is 24.7. The van der Waals surface area contributed by atoms with Crippen LogP contribution in [0.3, 0.4) is 0 Å². The zero-order valence-corrected chi connectivity index (χ0v) is 4.98. The topological polar surface area (TPSA) is 155 Å². The molecule has 0 aliphatic carbocycles. The van der Waals surface area contributed by atoms with Gasteiger partial charge in [0.25, 0.3) is 12.9 Å². The minimum absolute atomic E-state index is 0. The predicted molar refractivity (Wildman–Crippen MR) is 31.7 cm³/mol. The molecule has 0 saturated carbocycles. The molecule has 0 rings (SSSR count). The Balaban J connectivity index is -0.0000000116. The molecule has 64 valence electrons. The van der Waals surface area contributed by atoms with Gasteiger partial charge in [-0.25, -0.2) is 0 Å². The fourth-order valence-electron chi connectivity index (χ4n) is 0. The summed E-state index contributed by atoms with van der Waals surface area (Å²) in [5.74, 6) is 0. The average molecular weight is 158 g/mol. The van der Waals surface area contributed by atoms with E-state index in [1.165, 1.54) is 0 Å². The molecule has 10 heavy (non-hydrogen) atoms. The molecule has 0 aliphatic rings. The number of hydrogen-bond donors (Lipinski definition) is 2. The molecule has 0 aromatic rings. The van der Waals surface area contributed by atoms with Crippen molar-refractivity contribution in [1.82, 2.24) is 0 Å². The molecule has 7 heteroatoms. The van der Waals surface area contributed by atoms with Crippen LogP contribution in [0.2, 0.25) is 0 Å². The smallest absolute Gasteiger partial charge is 0.290 e. The first-order valence-corrected chi connectivity index (χ1v) is 1.28. The van der Waals surface area contributed by atoms with E-state index in [-0.39, 0.29) is 23.9 Å². The molecule has 0 aliphatic heterocycles. The maximum Gasteiger partial charge on any atom is 0.290 e. The third kappa shape index (κ3) is 92.4. The van der Waals surface area contributed by atoms with Gasteiger partial charge in [-0.05, 0) is 0 Å². The summed E-state index contributed by atoms with van der Waals surface area (Å²) < 4.78 is 0. The SMILES string of the molecule is C=O.O.O.O=CO.O=CO. The Labute approximate surface area is 56.5 Å². The van der Waals surface area contributed by atoms with Gasteiger partial charge in [-0.1, -0.05) is 0 Å². The Morgan fingerprint density at radius 2 is 0.900 bits per heavy atom. The predicted octanol–water partition coefficient (Wildman–Crippen LogP) is -2.43. The summed E-state index contributed by atoms with van der Waals surface area (Å²) in [5.41, 5.74) is 0. The van der Waals surface area contributed by atoms with Crippen molar-refractivity contribution < 1.29 is 35.5 Å². The van der Waals surface area contributed by atoms with Crippen LogP contribution >= 0.6 is 0 Å². The standard InChI is InChI=1S/2CH2O2.CH2O.2H2O/c2*2-1-3;1-2;;/h2*1H,(H,2,3);1H2;2*1H2. The molecule has 0 saturated heterocycles. The van der Waals surface area contributed by atoms with Gasteiger partial charge in [0.05, 0.1) is 0 Å². The highest BCUT2D eigenvalue weighted by molar-refractivity contribution is 5.32. The summed E-state index contributed by atoms with van der Waals surface area (Å²) >= 11 is 0. The van der Waals surface area contributed by atoms with E-state index in [0.717, 1.165) is 0 Å². The number of carbonyl (C=O) groups excluding carboxylic acids is 1. The van der Waals surface area contributed by atoms with Gasteiger partial charge in [0, 0.05) is 0 Å².